The van der Waals surface area contributed by atoms with Gasteiger partial charge >= 0.3 is 0 Å². The topological polar surface area (TPSA) is 60.9 Å². The van der Waals surface area contributed by atoms with E-state index in [2.05, 4.69) is 0 Å². The second kappa shape index (κ2) is 9.03. The second-order valence-corrected chi connectivity index (χ2v) is 7.38. The lowest BCUT2D eigenvalue weighted by Gasteiger charge is -2.25. The molecule has 6 nitrogen and oxygen atoms in total. The molecule has 1 aromatic rings. The molecule has 2 rings (SSSR count). The first kappa shape index (κ1) is 20.2. The molecule has 0 spiro atoms. The number of amides is 3. The van der Waals surface area contributed by atoms with Crippen LogP contribution in [-0.2, 0) is 14.4 Å². The summed E-state index contributed by atoms with van der Waals surface area (Å²) < 4.78 is 0. The summed E-state index contributed by atoms with van der Waals surface area (Å²) in [6.45, 7) is 6.67. The minimum atomic E-state index is -0.214. The summed E-state index contributed by atoms with van der Waals surface area (Å²) in [5, 5.41) is 0.536. The molecule has 0 aromatic heterocycles. The first-order valence-corrected chi connectivity index (χ1v) is 9.31. The van der Waals surface area contributed by atoms with Gasteiger partial charge < -0.3 is 9.80 Å². The van der Waals surface area contributed by atoms with Gasteiger partial charge in [-0.3, -0.25) is 19.3 Å². The van der Waals surface area contributed by atoms with Crippen LogP contribution in [0.3, 0.4) is 0 Å². The Balaban J connectivity index is 2.02. The van der Waals surface area contributed by atoms with Crippen molar-refractivity contribution in [3.8, 4) is 0 Å². The van der Waals surface area contributed by atoms with Crippen molar-refractivity contribution in [2.24, 2.45) is 5.92 Å². The van der Waals surface area contributed by atoms with E-state index in [1.54, 1.807) is 29.2 Å². The third-order valence-electron chi connectivity index (χ3n) is 4.17. The highest BCUT2D eigenvalue weighted by atomic mass is 35.5. The zero-order valence-electron chi connectivity index (χ0n) is 15.6. The number of halogens is 1. The third-order valence-corrected chi connectivity index (χ3v) is 4.40. The Morgan fingerprint density at radius 2 is 2.04 bits per heavy atom. The van der Waals surface area contributed by atoms with Crippen molar-refractivity contribution in [3.05, 3.63) is 29.3 Å². The number of carbonyl (C=O) groups excluding carboxylic acids is 3. The molecular weight excluding hydrogens is 354 g/mol. The fourth-order valence-electron chi connectivity index (χ4n) is 2.89. The van der Waals surface area contributed by atoms with Gasteiger partial charge in [0, 0.05) is 23.7 Å². The van der Waals surface area contributed by atoms with Gasteiger partial charge in [-0.15, -0.1) is 0 Å². The second-order valence-electron chi connectivity index (χ2n) is 6.95. The van der Waals surface area contributed by atoms with E-state index >= 15 is 0 Å². The number of anilines is 1. The molecule has 0 radical (unpaired) electrons. The highest BCUT2D eigenvalue weighted by Crippen LogP contribution is 2.23. The van der Waals surface area contributed by atoms with Crippen LogP contribution in [0, 0.1) is 5.92 Å². The van der Waals surface area contributed by atoms with Crippen LogP contribution < -0.4 is 4.90 Å². The monoisotopic (exact) mass is 379 g/mol. The Hall–Kier alpha value is -2.08. The van der Waals surface area contributed by atoms with Gasteiger partial charge in [0.05, 0.1) is 6.54 Å². The smallest absolute Gasteiger partial charge is 0.248 e. The van der Waals surface area contributed by atoms with Crippen molar-refractivity contribution < 1.29 is 14.4 Å². The minimum absolute atomic E-state index is 0.00998. The predicted molar refractivity (Wildman–Crippen MR) is 102 cm³/mol. The van der Waals surface area contributed by atoms with Crippen molar-refractivity contribution in [2.75, 3.05) is 31.2 Å². The fraction of sp³-hybridized carbons (Fsp3) is 0.526. The van der Waals surface area contributed by atoms with E-state index in [4.69, 9.17) is 11.6 Å². The van der Waals surface area contributed by atoms with Crippen molar-refractivity contribution in [2.45, 2.75) is 33.6 Å². The van der Waals surface area contributed by atoms with Crippen LogP contribution in [0.2, 0.25) is 5.02 Å². The van der Waals surface area contributed by atoms with Gasteiger partial charge in [-0.2, -0.15) is 0 Å². The molecule has 142 valence electrons. The molecule has 26 heavy (non-hydrogen) atoms. The van der Waals surface area contributed by atoms with E-state index in [0.29, 0.717) is 23.7 Å². The van der Waals surface area contributed by atoms with Crippen LogP contribution >= 0.6 is 11.6 Å². The molecule has 0 N–H and O–H groups in total. The van der Waals surface area contributed by atoms with E-state index in [9.17, 15) is 14.4 Å². The standard InChI is InChI=1S/C19H26ClN3O3/c1-4-8-21(17(24)9-14(2)3)11-18(25)22-12-19(26)23(13-22)16-7-5-6-15(20)10-16/h5-7,10,14H,4,8-9,11-13H2,1-3H3. The normalized spacial score (nSPS) is 14.3. The molecule has 0 unspecified atom stereocenters. The molecule has 1 saturated heterocycles. The van der Waals surface area contributed by atoms with E-state index < -0.39 is 0 Å². The van der Waals surface area contributed by atoms with Crippen molar-refractivity contribution in [1.29, 1.82) is 0 Å². The van der Waals surface area contributed by atoms with Crippen LogP contribution in [0.15, 0.2) is 24.3 Å². The SMILES string of the molecule is CCCN(CC(=O)N1CC(=O)N(c2cccc(Cl)c2)C1)C(=O)CC(C)C. The van der Waals surface area contributed by atoms with Crippen LogP contribution in [0.4, 0.5) is 5.69 Å². The van der Waals surface area contributed by atoms with Gasteiger partial charge in [0.1, 0.15) is 13.2 Å². The molecular formula is C19H26ClN3O3. The average Bonchev–Trinajstić information content (AvgIpc) is 2.95. The van der Waals surface area contributed by atoms with E-state index in [1.807, 2.05) is 20.8 Å². The van der Waals surface area contributed by atoms with E-state index in [1.165, 1.54) is 9.80 Å². The first-order chi connectivity index (χ1) is 12.3. The van der Waals surface area contributed by atoms with Gasteiger partial charge in [0.2, 0.25) is 17.7 Å². The van der Waals surface area contributed by atoms with Crippen LogP contribution in [0.1, 0.15) is 33.6 Å². The molecule has 1 aromatic carbocycles. The van der Waals surface area contributed by atoms with Crippen molar-refractivity contribution in [3.63, 3.8) is 0 Å². The Bertz CT molecular complexity index is 678. The lowest BCUT2D eigenvalue weighted by molar-refractivity contribution is -0.140. The van der Waals surface area contributed by atoms with Crippen LogP contribution in [-0.4, -0.2) is 53.8 Å². The Morgan fingerprint density at radius 1 is 1.31 bits per heavy atom. The Labute approximate surface area is 159 Å². The number of hydrogen-bond acceptors (Lipinski definition) is 3. The zero-order chi connectivity index (χ0) is 19.3. The van der Waals surface area contributed by atoms with Gasteiger partial charge in [-0.1, -0.05) is 38.4 Å². The van der Waals surface area contributed by atoms with Gasteiger partial charge in [-0.05, 0) is 30.5 Å². The molecule has 3 amide bonds. The first-order valence-electron chi connectivity index (χ1n) is 8.93. The molecule has 1 heterocycles. The molecule has 0 aliphatic carbocycles. The van der Waals surface area contributed by atoms with Crippen molar-refractivity contribution in [1.82, 2.24) is 9.80 Å². The molecule has 7 heteroatoms. The Morgan fingerprint density at radius 3 is 2.65 bits per heavy atom. The maximum atomic E-state index is 12.6. The number of nitrogens with zero attached hydrogens (tertiary/aromatic N) is 3. The summed E-state index contributed by atoms with van der Waals surface area (Å²) in [4.78, 5) is 41.9. The highest BCUT2D eigenvalue weighted by Gasteiger charge is 2.33. The largest absolute Gasteiger partial charge is 0.333 e. The summed E-state index contributed by atoms with van der Waals surface area (Å²) in [7, 11) is 0. The zero-order valence-corrected chi connectivity index (χ0v) is 16.3. The van der Waals surface area contributed by atoms with Gasteiger partial charge in [-0.25, -0.2) is 0 Å². The number of rotatable bonds is 7. The molecule has 0 bridgehead atoms. The lowest BCUT2D eigenvalue weighted by atomic mass is 10.1. The summed E-state index contributed by atoms with van der Waals surface area (Å²) in [6, 6.07) is 6.98. The summed E-state index contributed by atoms with van der Waals surface area (Å²) >= 11 is 5.99. The maximum absolute atomic E-state index is 12.6. The average molecular weight is 380 g/mol. The van der Waals surface area contributed by atoms with Crippen LogP contribution in [0.5, 0.6) is 0 Å². The van der Waals surface area contributed by atoms with E-state index in [-0.39, 0.29) is 43.4 Å². The van der Waals surface area contributed by atoms with Gasteiger partial charge in [0.15, 0.2) is 0 Å². The lowest BCUT2D eigenvalue weighted by Crippen LogP contribution is -2.43. The molecule has 1 aliphatic rings. The number of hydrogen-bond donors (Lipinski definition) is 0. The Kier molecular flexibility index (Phi) is 7.03. The number of carbonyl (C=O) groups is 3. The molecule has 0 atom stereocenters. The quantitative estimate of drug-likeness (QED) is 0.731. The predicted octanol–water partition coefficient (Wildman–Crippen LogP) is 2.76. The summed E-state index contributed by atoms with van der Waals surface area (Å²) in [6.07, 6.45) is 1.20. The third kappa shape index (κ3) is 5.21. The fourth-order valence-corrected chi connectivity index (χ4v) is 3.07. The molecule has 1 aliphatic heterocycles. The highest BCUT2D eigenvalue weighted by molar-refractivity contribution is 6.31. The molecule has 1 fully saturated rings. The van der Waals surface area contributed by atoms with Crippen molar-refractivity contribution >= 4 is 35.0 Å². The maximum Gasteiger partial charge on any atom is 0.248 e. The number of benzene rings is 1. The summed E-state index contributed by atoms with van der Waals surface area (Å²) in [5.41, 5.74) is 0.666. The summed E-state index contributed by atoms with van der Waals surface area (Å²) in [5.74, 6) is -0.152. The van der Waals surface area contributed by atoms with Gasteiger partial charge in [0.25, 0.3) is 0 Å². The van der Waals surface area contributed by atoms with E-state index in [0.717, 1.165) is 6.42 Å². The minimum Gasteiger partial charge on any atom is -0.333 e. The van der Waals surface area contributed by atoms with Crippen LogP contribution in [0.25, 0.3) is 0 Å². The molecule has 0 saturated carbocycles.